The summed E-state index contributed by atoms with van der Waals surface area (Å²) in [6.07, 6.45) is 3.55. The number of aromatic nitrogens is 5. The number of nitrogen functional groups attached to an aromatic ring is 1. The van der Waals surface area contributed by atoms with E-state index in [-0.39, 0.29) is 23.8 Å². The molecule has 10 nitrogen and oxygen atoms in total. The molecule has 1 fully saturated rings. The summed E-state index contributed by atoms with van der Waals surface area (Å²) >= 11 is 0. The third-order valence-corrected chi connectivity index (χ3v) is 4.56. The molecule has 11 heteroatoms. The first kappa shape index (κ1) is 18.9. The van der Waals surface area contributed by atoms with Gasteiger partial charge in [0.1, 0.15) is 12.1 Å². The van der Waals surface area contributed by atoms with Gasteiger partial charge >= 0.3 is 0 Å². The third kappa shape index (κ3) is 4.19. The molecular formula is C18H22FN9O. The van der Waals surface area contributed by atoms with Crippen molar-refractivity contribution in [2.75, 3.05) is 36.6 Å². The molecular weight excluding hydrogens is 377 g/mol. The van der Waals surface area contributed by atoms with E-state index in [4.69, 9.17) is 10.5 Å². The van der Waals surface area contributed by atoms with Gasteiger partial charge in [0, 0.05) is 18.3 Å². The topological polar surface area (TPSA) is 128 Å². The molecule has 0 amide bonds. The summed E-state index contributed by atoms with van der Waals surface area (Å²) in [4.78, 5) is 12.8. The molecule has 2 aromatic heterocycles. The number of hydrogen-bond acceptors (Lipinski definition) is 9. The van der Waals surface area contributed by atoms with E-state index >= 15 is 0 Å². The third-order valence-electron chi connectivity index (χ3n) is 4.56. The molecule has 1 aliphatic heterocycles. The minimum atomic E-state index is -0.326. The molecule has 3 aromatic rings. The summed E-state index contributed by atoms with van der Waals surface area (Å²) in [5.41, 5.74) is 6.68. The van der Waals surface area contributed by atoms with Crippen molar-refractivity contribution in [3.8, 4) is 11.6 Å². The van der Waals surface area contributed by atoms with E-state index in [1.807, 2.05) is 0 Å². The van der Waals surface area contributed by atoms with Crippen molar-refractivity contribution in [3.05, 3.63) is 36.4 Å². The Morgan fingerprint density at radius 3 is 2.83 bits per heavy atom. The summed E-state index contributed by atoms with van der Waals surface area (Å²) < 4.78 is 20.0. The zero-order valence-electron chi connectivity index (χ0n) is 15.9. The summed E-state index contributed by atoms with van der Waals surface area (Å²) in [5.74, 6) is 1.40. The van der Waals surface area contributed by atoms with Gasteiger partial charge in [0.25, 0.3) is 0 Å². The number of benzene rings is 1. The van der Waals surface area contributed by atoms with Crippen LogP contribution in [0, 0.1) is 5.82 Å². The largest absolute Gasteiger partial charge is 0.490 e. The monoisotopic (exact) mass is 399 g/mol. The first-order valence-electron chi connectivity index (χ1n) is 9.26. The molecule has 152 valence electrons. The highest BCUT2D eigenvalue weighted by atomic mass is 19.1. The van der Waals surface area contributed by atoms with Crippen LogP contribution in [0.1, 0.15) is 12.8 Å². The first-order chi connectivity index (χ1) is 14.1. The van der Waals surface area contributed by atoms with Crippen LogP contribution in [0.4, 0.5) is 27.8 Å². The quantitative estimate of drug-likeness (QED) is 0.489. The Morgan fingerprint density at radius 2 is 2.10 bits per heavy atom. The summed E-state index contributed by atoms with van der Waals surface area (Å²) in [7, 11) is 1.54. The van der Waals surface area contributed by atoms with Crippen molar-refractivity contribution in [2.24, 2.45) is 0 Å². The average molecular weight is 399 g/mol. The minimum Gasteiger partial charge on any atom is -0.490 e. The number of ether oxygens (including phenoxy) is 1. The van der Waals surface area contributed by atoms with Crippen molar-refractivity contribution in [2.45, 2.75) is 18.9 Å². The Kier molecular flexibility index (Phi) is 5.38. The lowest BCUT2D eigenvalue weighted by molar-refractivity contribution is 0.406. The predicted molar refractivity (Wildman–Crippen MR) is 107 cm³/mol. The zero-order valence-corrected chi connectivity index (χ0v) is 15.9. The summed E-state index contributed by atoms with van der Waals surface area (Å²) in [6, 6.07) is 6.09. The Hall–Kier alpha value is -3.47. The molecule has 1 aromatic carbocycles. The van der Waals surface area contributed by atoms with Gasteiger partial charge in [0.05, 0.1) is 7.11 Å². The molecule has 0 bridgehead atoms. The number of piperidine rings is 1. The number of anilines is 4. The molecule has 0 radical (unpaired) electrons. The maximum absolute atomic E-state index is 13.1. The molecule has 0 saturated carbocycles. The van der Waals surface area contributed by atoms with Crippen LogP contribution in [0.2, 0.25) is 0 Å². The fourth-order valence-corrected chi connectivity index (χ4v) is 3.17. The van der Waals surface area contributed by atoms with Crippen molar-refractivity contribution in [1.29, 1.82) is 0 Å². The van der Waals surface area contributed by atoms with E-state index in [0.29, 0.717) is 23.1 Å². The molecule has 4 rings (SSSR count). The maximum Gasteiger partial charge on any atom is 0.248 e. The van der Waals surface area contributed by atoms with Gasteiger partial charge in [-0.15, -0.1) is 5.10 Å². The van der Waals surface area contributed by atoms with Crippen LogP contribution < -0.4 is 26.4 Å². The van der Waals surface area contributed by atoms with E-state index in [0.717, 1.165) is 25.9 Å². The lowest BCUT2D eigenvalue weighted by atomic mass is 10.1. The zero-order chi connectivity index (χ0) is 20.2. The molecule has 0 aliphatic carbocycles. The Morgan fingerprint density at radius 1 is 1.28 bits per heavy atom. The first-order valence-corrected chi connectivity index (χ1v) is 9.26. The van der Waals surface area contributed by atoms with Crippen LogP contribution in [0.25, 0.3) is 5.82 Å². The van der Waals surface area contributed by atoms with Gasteiger partial charge in [-0.05, 0) is 43.7 Å². The molecule has 1 atom stereocenters. The number of nitrogens with two attached hydrogens (primary N) is 1. The van der Waals surface area contributed by atoms with Gasteiger partial charge in [-0.25, -0.2) is 14.4 Å². The molecule has 3 heterocycles. The van der Waals surface area contributed by atoms with Crippen LogP contribution in [-0.4, -0.2) is 51.0 Å². The highest BCUT2D eigenvalue weighted by Gasteiger charge is 2.21. The van der Waals surface area contributed by atoms with Gasteiger partial charge in [-0.3, -0.25) is 0 Å². The number of halogens is 1. The van der Waals surface area contributed by atoms with Crippen LogP contribution in [0.5, 0.6) is 5.75 Å². The fourth-order valence-electron chi connectivity index (χ4n) is 3.17. The predicted octanol–water partition coefficient (Wildman–Crippen LogP) is 1.69. The number of hydrogen-bond donors (Lipinski definition) is 4. The second-order valence-electron chi connectivity index (χ2n) is 6.60. The molecule has 29 heavy (non-hydrogen) atoms. The highest BCUT2D eigenvalue weighted by molar-refractivity contribution is 5.61. The summed E-state index contributed by atoms with van der Waals surface area (Å²) in [6.45, 7) is 1.86. The van der Waals surface area contributed by atoms with E-state index in [1.165, 1.54) is 30.3 Å². The lowest BCUT2D eigenvalue weighted by Crippen LogP contribution is -2.38. The van der Waals surface area contributed by atoms with Gasteiger partial charge in [0.15, 0.2) is 5.82 Å². The van der Waals surface area contributed by atoms with E-state index < -0.39 is 0 Å². The van der Waals surface area contributed by atoms with E-state index in [9.17, 15) is 4.39 Å². The van der Waals surface area contributed by atoms with Gasteiger partial charge in [-0.2, -0.15) is 9.67 Å². The van der Waals surface area contributed by atoms with Crippen LogP contribution in [0.15, 0.2) is 30.6 Å². The summed E-state index contributed by atoms with van der Waals surface area (Å²) in [5, 5.41) is 14.1. The van der Waals surface area contributed by atoms with Crippen molar-refractivity contribution >= 4 is 23.4 Å². The second-order valence-corrected chi connectivity index (χ2v) is 6.60. The van der Waals surface area contributed by atoms with Gasteiger partial charge in [-0.1, -0.05) is 0 Å². The normalized spacial score (nSPS) is 16.4. The van der Waals surface area contributed by atoms with Crippen molar-refractivity contribution in [1.82, 2.24) is 30.0 Å². The van der Waals surface area contributed by atoms with Gasteiger partial charge < -0.3 is 26.4 Å². The van der Waals surface area contributed by atoms with Crippen LogP contribution in [0.3, 0.4) is 0 Å². The Labute approximate surface area is 166 Å². The molecule has 1 aliphatic rings. The van der Waals surface area contributed by atoms with Crippen molar-refractivity contribution in [3.63, 3.8) is 0 Å². The number of nitrogens with zero attached hydrogens (tertiary/aromatic N) is 5. The lowest BCUT2D eigenvalue weighted by Gasteiger charge is -2.25. The van der Waals surface area contributed by atoms with Crippen LogP contribution >= 0.6 is 0 Å². The molecule has 1 unspecified atom stereocenters. The SMILES string of the molecule is COc1c(NC2CCCNC2)ncnc1-n1nc(Nc2ccc(F)cc2)nc1N. The average Bonchev–Trinajstić information content (AvgIpc) is 3.10. The van der Waals surface area contributed by atoms with Gasteiger partial charge in [0.2, 0.25) is 23.5 Å². The van der Waals surface area contributed by atoms with E-state index in [2.05, 4.69) is 36.0 Å². The molecule has 1 saturated heterocycles. The standard InChI is InChI=1S/C18H22FN9O/c1-29-14-15(24-13-3-2-8-21-9-13)22-10-23-16(14)28-17(20)26-18(27-28)25-12-6-4-11(19)5-7-12/h4-7,10,13,21H,2-3,8-9H2,1H3,(H,22,23,24)(H3,20,25,26,27). The van der Waals surface area contributed by atoms with E-state index in [1.54, 1.807) is 12.1 Å². The smallest absolute Gasteiger partial charge is 0.248 e. The Balaban J connectivity index is 1.61. The fraction of sp³-hybridized carbons (Fsp3) is 0.333. The molecule has 0 spiro atoms. The number of rotatable bonds is 6. The number of nitrogens with one attached hydrogen (secondary N) is 3. The van der Waals surface area contributed by atoms with Crippen LogP contribution in [-0.2, 0) is 0 Å². The van der Waals surface area contributed by atoms with Crippen molar-refractivity contribution < 1.29 is 9.13 Å². The second kappa shape index (κ2) is 8.27. The molecule has 5 N–H and O–H groups in total. The minimum absolute atomic E-state index is 0.122. The number of methoxy groups -OCH3 is 1. The maximum atomic E-state index is 13.1. The highest BCUT2D eigenvalue weighted by Crippen LogP contribution is 2.30. The Bertz CT molecular complexity index is 970.